The molecule has 0 fully saturated rings. The molecule has 0 saturated carbocycles. The van der Waals surface area contributed by atoms with E-state index in [0.29, 0.717) is 26.9 Å². The minimum absolute atomic E-state index is 0.249. The third-order valence-corrected chi connectivity index (χ3v) is 4.78. The van der Waals surface area contributed by atoms with Crippen LogP contribution in [0.4, 0.5) is 5.69 Å². The van der Waals surface area contributed by atoms with Gasteiger partial charge in [0.2, 0.25) is 15.9 Å². The van der Waals surface area contributed by atoms with Gasteiger partial charge < -0.3 is 5.73 Å². The predicted molar refractivity (Wildman–Crippen MR) is 87.7 cm³/mol. The molecule has 0 unspecified atom stereocenters. The average Bonchev–Trinajstić information content (AvgIpc) is 2.42. The number of carbonyl (C=O) groups is 1. The zero-order chi connectivity index (χ0) is 16.3. The molecule has 0 aromatic heterocycles. The van der Waals surface area contributed by atoms with Gasteiger partial charge in [-0.25, -0.2) is 8.42 Å². The van der Waals surface area contributed by atoms with Gasteiger partial charge in [-0.1, -0.05) is 29.3 Å². The zero-order valence-corrected chi connectivity index (χ0v) is 13.5. The minimum atomic E-state index is -3.62. The van der Waals surface area contributed by atoms with E-state index in [-0.39, 0.29) is 5.75 Å². The van der Waals surface area contributed by atoms with Crippen molar-refractivity contribution in [3.63, 3.8) is 0 Å². The van der Waals surface area contributed by atoms with Crippen molar-refractivity contribution in [1.29, 1.82) is 0 Å². The Hall–Kier alpha value is -1.76. The van der Waals surface area contributed by atoms with E-state index in [0.717, 1.165) is 0 Å². The smallest absolute Gasteiger partial charge is 0.248 e. The summed E-state index contributed by atoms with van der Waals surface area (Å²) in [6, 6.07) is 10.4. The van der Waals surface area contributed by atoms with Crippen molar-refractivity contribution in [2.45, 2.75) is 5.75 Å². The molecule has 5 nitrogen and oxygen atoms in total. The maximum absolute atomic E-state index is 12.1. The second kappa shape index (κ2) is 6.56. The maximum Gasteiger partial charge on any atom is 0.248 e. The van der Waals surface area contributed by atoms with Gasteiger partial charge in [0.25, 0.3) is 0 Å². The predicted octanol–water partition coefficient (Wildman–Crippen LogP) is 3.03. The van der Waals surface area contributed by atoms with Crippen LogP contribution in [0.2, 0.25) is 10.0 Å². The van der Waals surface area contributed by atoms with E-state index in [1.54, 1.807) is 6.07 Å². The van der Waals surface area contributed by atoms with Crippen LogP contribution in [0, 0.1) is 0 Å². The van der Waals surface area contributed by atoms with E-state index in [1.165, 1.54) is 36.4 Å². The van der Waals surface area contributed by atoms with Crippen LogP contribution in [-0.2, 0) is 15.8 Å². The van der Waals surface area contributed by atoms with Crippen molar-refractivity contribution in [3.05, 3.63) is 63.6 Å². The SMILES string of the molecule is NC(=O)c1ccc(NS(=O)(=O)Cc2ccc(Cl)c(Cl)c2)cc1. The van der Waals surface area contributed by atoms with Crippen molar-refractivity contribution in [1.82, 2.24) is 0 Å². The summed E-state index contributed by atoms with van der Waals surface area (Å²) in [7, 11) is -3.62. The van der Waals surface area contributed by atoms with E-state index in [2.05, 4.69) is 4.72 Å². The van der Waals surface area contributed by atoms with Crippen LogP contribution in [0.25, 0.3) is 0 Å². The molecular weight excluding hydrogens is 347 g/mol. The lowest BCUT2D eigenvalue weighted by atomic mass is 10.2. The van der Waals surface area contributed by atoms with Crippen LogP contribution in [0.1, 0.15) is 15.9 Å². The Labute approximate surface area is 138 Å². The molecule has 0 aliphatic carbocycles. The first-order valence-corrected chi connectivity index (χ1v) is 8.52. The molecular formula is C14H12Cl2N2O3S. The molecule has 0 bridgehead atoms. The van der Waals surface area contributed by atoms with Gasteiger partial charge in [-0.2, -0.15) is 0 Å². The van der Waals surface area contributed by atoms with Crippen molar-refractivity contribution in [2.24, 2.45) is 5.73 Å². The van der Waals surface area contributed by atoms with E-state index in [9.17, 15) is 13.2 Å². The normalized spacial score (nSPS) is 11.2. The molecule has 0 radical (unpaired) electrons. The molecule has 2 rings (SSSR count). The van der Waals surface area contributed by atoms with Gasteiger partial charge in [0.15, 0.2) is 0 Å². The summed E-state index contributed by atoms with van der Waals surface area (Å²) in [6.07, 6.45) is 0. The summed E-state index contributed by atoms with van der Waals surface area (Å²) in [6.45, 7) is 0. The number of hydrogen-bond donors (Lipinski definition) is 2. The summed E-state index contributed by atoms with van der Waals surface area (Å²) >= 11 is 11.6. The molecule has 0 saturated heterocycles. The lowest BCUT2D eigenvalue weighted by Crippen LogP contribution is -2.15. The number of benzene rings is 2. The molecule has 0 aliphatic heterocycles. The number of rotatable bonds is 5. The summed E-state index contributed by atoms with van der Waals surface area (Å²) in [4.78, 5) is 11.0. The molecule has 0 atom stereocenters. The Morgan fingerprint density at radius 3 is 2.23 bits per heavy atom. The van der Waals surface area contributed by atoms with Gasteiger partial charge in [0.05, 0.1) is 15.8 Å². The van der Waals surface area contributed by atoms with Crippen molar-refractivity contribution in [3.8, 4) is 0 Å². The monoisotopic (exact) mass is 358 g/mol. The fourth-order valence-electron chi connectivity index (χ4n) is 1.77. The molecule has 8 heteroatoms. The number of primary amides is 1. The van der Waals surface area contributed by atoms with Crippen LogP contribution in [-0.4, -0.2) is 14.3 Å². The summed E-state index contributed by atoms with van der Waals surface area (Å²) < 4.78 is 26.6. The molecule has 0 spiro atoms. The van der Waals surface area contributed by atoms with Gasteiger partial charge >= 0.3 is 0 Å². The molecule has 0 heterocycles. The first-order valence-electron chi connectivity index (χ1n) is 6.11. The molecule has 116 valence electrons. The number of sulfonamides is 1. The molecule has 0 aliphatic rings. The highest BCUT2D eigenvalue weighted by molar-refractivity contribution is 7.91. The summed E-state index contributed by atoms with van der Waals surface area (Å²) in [5, 5.41) is 0.651. The van der Waals surface area contributed by atoms with E-state index < -0.39 is 15.9 Å². The van der Waals surface area contributed by atoms with Gasteiger partial charge in [-0.05, 0) is 42.0 Å². The number of halogens is 2. The fourth-order valence-corrected chi connectivity index (χ4v) is 3.27. The standard InChI is InChI=1S/C14H12Cl2N2O3S/c15-12-6-1-9(7-13(12)16)8-22(20,21)18-11-4-2-10(3-5-11)14(17)19/h1-7,18H,8H2,(H2,17,19). The Morgan fingerprint density at radius 2 is 1.68 bits per heavy atom. The highest BCUT2D eigenvalue weighted by Gasteiger charge is 2.13. The zero-order valence-electron chi connectivity index (χ0n) is 11.2. The van der Waals surface area contributed by atoms with E-state index >= 15 is 0 Å². The number of amides is 1. The van der Waals surface area contributed by atoms with Crippen molar-refractivity contribution >= 4 is 44.8 Å². The van der Waals surface area contributed by atoms with E-state index in [1.807, 2.05) is 0 Å². The third kappa shape index (κ3) is 4.37. The van der Waals surface area contributed by atoms with Crippen LogP contribution in [0.5, 0.6) is 0 Å². The van der Waals surface area contributed by atoms with Gasteiger partial charge in [0.1, 0.15) is 0 Å². The van der Waals surface area contributed by atoms with Crippen molar-refractivity contribution in [2.75, 3.05) is 4.72 Å². The highest BCUT2D eigenvalue weighted by atomic mass is 35.5. The van der Waals surface area contributed by atoms with Crippen LogP contribution in [0.3, 0.4) is 0 Å². The number of hydrogen-bond acceptors (Lipinski definition) is 3. The first kappa shape index (κ1) is 16.6. The Morgan fingerprint density at radius 1 is 1.05 bits per heavy atom. The summed E-state index contributed by atoms with van der Waals surface area (Å²) in [5.74, 6) is -0.827. The second-order valence-corrected chi connectivity index (χ2v) is 7.09. The molecule has 22 heavy (non-hydrogen) atoms. The number of nitrogens with one attached hydrogen (secondary N) is 1. The van der Waals surface area contributed by atoms with Crippen LogP contribution in [0.15, 0.2) is 42.5 Å². The second-order valence-electron chi connectivity index (χ2n) is 4.55. The Balaban J connectivity index is 2.13. The van der Waals surface area contributed by atoms with Gasteiger partial charge in [-0.3, -0.25) is 9.52 Å². The fraction of sp³-hybridized carbons (Fsp3) is 0.0714. The van der Waals surface area contributed by atoms with Gasteiger partial charge in [-0.15, -0.1) is 0 Å². The van der Waals surface area contributed by atoms with Gasteiger partial charge in [0, 0.05) is 11.3 Å². The molecule has 3 N–H and O–H groups in total. The van der Waals surface area contributed by atoms with Crippen molar-refractivity contribution < 1.29 is 13.2 Å². The lowest BCUT2D eigenvalue weighted by Gasteiger charge is -2.09. The van der Waals surface area contributed by atoms with E-state index in [4.69, 9.17) is 28.9 Å². The molecule has 2 aromatic carbocycles. The topological polar surface area (TPSA) is 89.3 Å². The Bertz CT molecular complexity index is 805. The Kier molecular flexibility index (Phi) is 4.95. The first-order chi connectivity index (χ1) is 10.3. The number of carbonyl (C=O) groups excluding carboxylic acids is 1. The highest BCUT2D eigenvalue weighted by Crippen LogP contribution is 2.24. The van der Waals surface area contributed by atoms with Crippen LogP contribution >= 0.6 is 23.2 Å². The quantitative estimate of drug-likeness (QED) is 0.860. The molecule has 1 amide bonds. The average molecular weight is 359 g/mol. The summed E-state index contributed by atoms with van der Waals surface area (Å²) in [5.41, 5.74) is 6.27. The number of anilines is 1. The third-order valence-electron chi connectivity index (χ3n) is 2.78. The maximum atomic E-state index is 12.1. The minimum Gasteiger partial charge on any atom is -0.366 e. The lowest BCUT2D eigenvalue weighted by molar-refractivity contribution is 0.100. The molecule has 2 aromatic rings. The van der Waals surface area contributed by atoms with Crippen LogP contribution < -0.4 is 10.5 Å². The number of nitrogens with two attached hydrogens (primary N) is 1. The largest absolute Gasteiger partial charge is 0.366 e.